The number of carbonyl (C=O) groups is 2. The van der Waals surface area contributed by atoms with Crippen molar-refractivity contribution >= 4 is 72.8 Å². The number of halogens is 3. The van der Waals surface area contributed by atoms with Gasteiger partial charge in [0.1, 0.15) is 11.5 Å². The van der Waals surface area contributed by atoms with Gasteiger partial charge in [0.2, 0.25) is 10.0 Å². The van der Waals surface area contributed by atoms with Crippen LogP contribution in [0, 0.1) is 6.92 Å². The molecule has 5 rings (SSSR count). The molecule has 0 radical (unpaired) electrons. The van der Waals surface area contributed by atoms with E-state index < -0.39 is 21.9 Å². The van der Waals surface area contributed by atoms with Crippen LogP contribution in [-0.4, -0.2) is 31.7 Å². The standard InChI is InChI=1S/C33H27BrCl2N2O6S/c1-20-4-13-27(14-5-20)45(41,42)37(18-22-6-15-29(35)30(36)16-22)19-26-12-11-25(44-26)17-28-31(33(40)43-3)21(2)38(32(28)39)24-9-7-23(34)8-10-24/h4-17H,18-19H2,1-3H3/b28-17+. The molecule has 3 aromatic carbocycles. The maximum Gasteiger partial charge on any atom is 0.340 e. The number of amides is 1. The predicted molar refractivity (Wildman–Crippen MR) is 177 cm³/mol. The number of esters is 1. The summed E-state index contributed by atoms with van der Waals surface area (Å²) in [5, 5.41) is 0.657. The first-order valence-electron chi connectivity index (χ1n) is 13.6. The molecule has 0 N–H and O–H groups in total. The van der Waals surface area contributed by atoms with E-state index in [0.29, 0.717) is 32.8 Å². The first-order chi connectivity index (χ1) is 21.4. The molecular weight excluding hydrogens is 703 g/mol. The first-order valence-corrected chi connectivity index (χ1v) is 16.6. The van der Waals surface area contributed by atoms with E-state index in [2.05, 4.69) is 15.9 Å². The minimum absolute atomic E-state index is 0.0146. The summed E-state index contributed by atoms with van der Waals surface area (Å²) in [6.45, 7) is 3.40. The number of rotatable bonds is 9. The minimum atomic E-state index is -3.98. The number of methoxy groups -OCH3 is 1. The summed E-state index contributed by atoms with van der Waals surface area (Å²) in [6.07, 6.45) is 1.46. The van der Waals surface area contributed by atoms with Gasteiger partial charge in [-0.3, -0.25) is 9.69 Å². The smallest absolute Gasteiger partial charge is 0.340 e. The lowest BCUT2D eigenvalue weighted by atomic mass is 10.1. The monoisotopic (exact) mass is 728 g/mol. The molecule has 1 aromatic heterocycles. The number of hydrogen-bond donors (Lipinski definition) is 0. The van der Waals surface area contributed by atoms with Crippen molar-refractivity contribution in [1.82, 2.24) is 4.31 Å². The van der Waals surface area contributed by atoms with Crippen LogP contribution in [0.3, 0.4) is 0 Å². The minimum Gasteiger partial charge on any atom is -0.465 e. The topological polar surface area (TPSA) is 97.1 Å². The van der Waals surface area contributed by atoms with Gasteiger partial charge in [-0.1, -0.05) is 62.9 Å². The van der Waals surface area contributed by atoms with Gasteiger partial charge in [0.05, 0.1) is 39.7 Å². The molecule has 45 heavy (non-hydrogen) atoms. The summed E-state index contributed by atoms with van der Waals surface area (Å²) in [6, 6.07) is 21.8. The molecule has 1 aliphatic heterocycles. The highest BCUT2D eigenvalue weighted by Gasteiger charge is 2.38. The van der Waals surface area contributed by atoms with Gasteiger partial charge in [0.15, 0.2) is 0 Å². The Morgan fingerprint density at radius 2 is 1.64 bits per heavy atom. The van der Waals surface area contributed by atoms with Crippen LogP contribution >= 0.6 is 39.1 Å². The van der Waals surface area contributed by atoms with Crippen molar-refractivity contribution in [3.63, 3.8) is 0 Å². The molecule has 0 unspecified atom stereocenters. The molecule has 232 valence electrons. The average Bonchev–Trinajstić information content (AvgIpc) is 3.55. The third-order valence-corrected chi connectivity index (χ3v) is 10.3. The van der Waals surface area contributed by atoms with E-state index in [-0.39, 0.29) is 34.9 Å². The van der Waals surface area contributed by atoms with Crippen LogP contribution in [0.25, 0.3) is 6.08 Å². The molecule has 12 heteroatoms. The van der Waals surface area contributed by atoms with E-state index in [4.69, 9.17) is 32.4 Å². The van der Waals surface area contributed by atoms with Crippen LogP contribution < -0.4 is 4.90 Å². The largest absolute Gasteiger partial charge is 0.465 e. The molecule has 2 heterocycles. The summed E-state index contributed by atoms with van der Waals surface area (Å²) in [7, 11) is -2.74. The molecule has 0 aliphatic carbocycles. The summed E-state index contributed by atoms with van der Waals surface area (Å²) < 4.78 is 40.8. The van der Waals surface area contributed by atoms with Gasteiger partial charge >= 0.3 is 5.97 Å². The summed E-state index contributed by atoms with van der Waals surface area (Å²) in [5.74, 6) is -0.539. The van der Waals surface area contributed by atoms with Crippen LogP contribution in [0.4, 0.5) is 5.69 Å². The normalized spacial score (nSPS) is 14.6. The molecule has 0 fully saturated rings. The van der Waals surface area contributed by atoms with E-state index in [1.807, 2.05) is 6.92 Å². The second-order valence-corrected chi connectivity index (χ2v) is 13.9. The van der Waals surface area contributed by atoms with Gasteiger partial charge in [0, 0.05) is 22.4 Å². The number of carbonyl (C=O) groups excluding carboxylic acids is 2. The molecule has 1 amide bonds. The quantitative estimate of drug-likeness (QED) is 0.128. The van der Waals surface area contributed by atoms with Crippen LogP contribution in [0.5, 0.6) is 0 Å². The molecule has 0 saturated heterocycles. The lowest BCUT2D eigenvalue weighted by Crippen LogP contribution is -2.30. The fourth-order valence-electron chi connectivity index (χ4n) is 4.88. The zero-order chi connectivity index (χ0) is 32.5. The third kappa shape index (κ3) is 6.95. The fourth-order valence-corrected chi connectivity index (χ4v) is 6.86. The summed E-state index contributed by atoms with van der Waals surface area (Å²) in [4.78, 5) is 28.0. The van der Waals surface area contributed by atoms with Crippen molar-refractivity contribution in [3.05, 3.63) is 133 Å². The van der Waals surface area contributed by atoms with Crippen molar-refractivity contribution < 1.29 is 27.2 Å². The fraction of sp³-hybridized carbons (Fsp3) is 0.152. The maximum absolute atomic E-state index is 13.8. The zero-order valence-corrected chi connectivity index (χ0v) is 28.3. The van der Waals surface area contributed by atoms with Crippen LogP contribution in [0.15, 0.2) is 109 Å². The van der Waals surface area contributed by atoms with Gasteiger partial charge in [0.25, 0.3) is 5.91 Å². The molecular formula is C33H27BrCl2N2O6S. The number of hydrogen-bond acceptors (Lipinski definition) is 6. The molecule has 0 atom stereocenters. The SMILES string of the molecule is COC(=O)C1=C(C)N(c2ccc(Br)cc2)C(=O)/C1=C/c1ccc(CN(Cc2ccc(Cl)c(Cl)c2)S(=O)(=O)c2ccc(C)cc2)o1. The highest BCUT2D eigenvalue weighted by molar-refractivity contribution is 9.10. The predicted octanol–water partition coefficient (Wildman–Crippen LogP) is 7.93. The number of anilines is 1. The Kier molecular flexibility index (Phi) is 9.71. The lowest BCUT2D eigenvalue weighted by molar-refractivity contribution is -0.136. The van der Waals surface area contributed by atoms with Gasteiger partial charge < -0.3 is 9.15 Å². The first kappa shape index (κ1) is 32.7. The van der Waals surface area contributed by atoms with E-state index in [1.165, 1.54) is 22.4 Å². The van der Waals surface area contributed by atoms with Gasteiger partial charge in [-0.25, -0.2) is 13.2 Å². The number of aryl methyl sites for hydroxylation is 1. The average molecular weight is 730 g/mol. The van der Waals surface area contributed by atoms with Crippen LogP contribution in [0.1, 0.15) is 29.6 Å². The van der Waals surface area contributed by atoms with E-state index in [0.717, 1.165) is 10.0 Å². The number of furan rings is 1. The van der Waals surface area contributed by atoms with E-state index in [9.17, 15) is 18.0 Å². The van der Waals surface area contributed by atoms with Crippen molar-refractivity contribution in [1.29, 1.82) is 0 Å². The van der Waals surface area contributed by atoms with E-state index >= 15 is 0 Å². The molecule has 8 nitrogen and oxygen atoms in total. The Hall–Kier alpha value is -3.67. The highest BCUT2D eigenvalue weighted by atomic mass is 79.9. The lowest BCUT2D eigenvalue weighted by Gasteiger charge is -2.22. The Bertz CT molecular complexity index is 1950. The van der Waals surface area contributed by atoms with Gasteiger partial charge in [-0.2, -0.15) is 4.31 Å². The summed E-state index contributed by atoms with van der Waals surface area (Å²) in [5.41, 5.74) is 2.72. The van der Waals surface area contributed by atoms with Gasteiger partial charge in [-0.05, 0) is 86.2 Å². The number of nitrogens with zero attached hydrogens (tertiary/aromatic N) is 2. The van der Waals surface area contributed by atoms with Crippen LogP contribution in [0.2, 0.25) is 10.0 Å². The Morgan fingerprint density at radius 3 is 2.29 bits per heavy atom. The van der Waals surface area contributed by atoms with Crippen molar-refractivity contribution in [3.8, 4) is 0 Å². The molecule has 0 spiro atoms. The van der Waals surface area contributed by atoms with Crippen molar-refractivity contribution in [2.75, 3.05) is 12.0 Å². The van der Waals surface area contributed by atoms with Crippen LogP contribution in [-0.2, 0) is 37.4 Å². The zero-order valence-electron chi connectivity index (χ0n) is 24.4. The number of ether oxygens (including phenoxy) is 1. The molecule has 1 aliphatic rings. The Balaban J connectivity index is 1.49. The van der Waals surface area contributed by atoms with Gasteiger partial charge in [-0.15, -0.1) is 0 Å². The molecule has 0 bridgehead atoms. The Morgan fingerprint density at radius 1 is 0.956 bits per heavy atom. The highest BCUT2D eigenvalue weighted by Crippen LogP contribution is 2.36. The Labute approximate surface area is 279 Å². The van der Waals surface area contributed by atoms with Crippen molar-refractivity contribution in [2.45, 2.75) is 31.8 Å². The second kappa shape index (κ2) is 13.4. The molecule has 0 saturated carbocycles. The summed E-state index contributed by atoms with van der Waals surface area (Å²) >= 11 is 15.7. The number of benzene rings is 3. The second-order valence-electron chi connectivity index (χ2n) is 10.3. The van der Waals surface area contributed by atoms with E-state index in [1.54, 1.807) is 85.8 Å². The number of allylic oxidation sites excluding steroid dienone is 1. The van der Waals surface area contributed by atoms with Crippen molar-refractivity contribution in [2.24, 2.45) is 0 Å². The molecule has 4 aromatic rings. The maximum atomic E-state index is 13.8. The number of sulfonamides is 1. The third-order valence-electron chi connectivity index (χ3n) is 7.18.